The summed E-state index contributed by atoms with van der Waals surface area (Å²) in [4.78, 5) is 4.30. The third-order valence-electron chi connectivity index (χ3n) is 4.32. The van der Waals surface area contributed by atoms with Crippen LogP contribution in [0, 0.1) is 0 Å². The second kappa shape index (κ2) is 7.01. The smallest absolute Gasteiger partial charge is 0.0593 e. The molecule has 0 bridgehead atoms. The number of fused-ring (bicyclic) bond motifs is 1. The largest absolute Gasteiger partial charge is 0.378 e. The van der Waals surface area contributed by atoms with Crippen molar-refractivity contribution in [2.45, 2.75) is 44.8 Å². The van der Waals surface area contributed by atoms with Crippen molar-refractivity contribution < 1.29 is 4.74 Å². The van der Waals surface area contributed by atoms with Crippen LogP contribution in [0.2, 0.25) is 0 Å². The number of benzene rings is 1. The zero-order valence-electron chi connectivity index (χ0n) is 12.7. The van der Waals surface area contributed by atoms with Crippen LogP contribution in [-0.2, 0) is 4.74 Å². The second-order valence-electron chi connectivity index (χ2n) is 5.78. The molecule has 21 heavy (non-hydrogen) atoms. The molecule has 2 atom stereocenters. The Balaban J connectivity index is 1.87. The number of pyridine rings is 1. The maximum atomic E-state index is 5.93. The van der Waals surface area contributed by atoms with Crippen molar-refractivity contribution in [1.82, 2.24) is 10.3 Å². The first kappa shape index (κ1) is 14.5. The van der Waals surface area contributed by atoms with E-state index in [1.807, 2.05) is 12.4 Å². The fourth-order valence-corrected chi connectivity index (χ4v) is 3.26. The van der Waals surface area contributed by atoms with Gasteiger partial charge in [0, 0.05) is 30.4 Å². The quantitative estimate of drug-likeness (QED) is 0.905. The summed E-state index contributed by atoms with van der Waals surface area (Å²) in [5, 5.41) is 6.14. The lowest BCUT2D eigenvalue weighted by Crippen LogP contribution is -2.29. The summed E-state index contributed by atoms with van der Waals surface area (Å²) in [6.07, 6.45) is 8.96. The van der Waals surface area contributed by atoms with Crippen molar-refractivity contribution in [2.75, 3.05) is 13.2 Å². The number of aromatic nitrogens is 1. The summed E-state index contributed by atoms with van der Waals surface area (Å²) < 4.78 is 5.93. The van der Waals surface area contributed by atoms with Crippen molar-refractivity contribution in [1.29, 1.82) is 0 Å². The van der Waals surface area contributed by atoms with E-state index in [1.54, 1.807) is 0 Å². The van der Waals surface area contributed by atoms with Crippen LogP contribution in [0.4, 0.5) is 0 Å². The standard InChI is InChI=1S/C18H24N2O/c1-2-20-18(12-15-7-3-4-11-21-15)16-8-5-6-14-9-10-19-13-17(14)16/h5-6,8-10,13,15,18,20H,2-4,7,11-12H2,1H3. The Bertz CT molecular complexity index is 573. The molecule has 112 valence electrons. The highest BCUT2D eigenvalue weighted by Gasteiger charge is 2.21. The Morgan fingerprint density at radius 1 is 1.33 bits per heavy atom. The molecule has 1 aliphatic heterocycles. The summed E-state index contributed by atoms with van der Waals surface area (Å²) in [6.45, 7) is 4.05. The highest BCUT2D eigenvalue weighted by atomic mass is 16.5. The summed E-state index contributed by atoms with van der Waals surface area (Å²) in [5.41, 5.74) is 1.34. The number of nitrogens with zero attached hydrogens (tertiary/aromatic N) is 1. The van der Waals surface area contributed by atoms with E-state index in [2.05, 4.69) is 41.5 Å². The summed E-state index contributed by atoms with van der Waals surface area (Å²) in [6, 6.07) is 8.94. The highest BCUT2D eigenvalue weighted by Crippen LogP contribution is 2.29. The molecule has 2 aromatic rings. The van der Waals surface area contributed by atoms with Crippen LogP contribution < -0.4 is 5.32 Å². The van der Waals surface area contributed by atoms with Crippen molar-refractivity contribution in [3.8, 4) is 0 Å². The minimum atomic E-state index is 0.339. The topological polar surface area (TPSA) is 34.1 Å². The first-order valence-corrected chi connectivity index (χ1v) is 8.06. The van der Waals surface area contributed by atoms with E-state index in [1.165, 1.54) is 35.6 Å². The minimum Gasteiger partial charge on any atom is -0.378 e. The van der Waals surface area contributed by atoms with Gasteiger partial charge in [-0.05, 0) is 49.2 Å². The maximum Gasteiger partial charge on any atom is 0.0593 e. The Labute approximate surface area is 126 Å². The van der Waals surface area contributed by atoms with Gasteiger partial charge in [0.25, 0.3) is 0 Å². The van der Waals surface area contributed by atoms with E-state index in [0.29, 0.717) is 12.1 Å². The van der Waals surface area contributed by atoms with Crippen LogP contribution in [0.3, 0.4) is 0 Å². The molecule has 0 spiro atoms. The molecule has 1 fully saturated rings. The number of hydrogen-bond donors (Lipinski definition) is 1. The predicted molar refractivity (Wildman–Crippen MR) is 86.4 cm³/mol. The van der Waals surface area contributed by atoms with Crippen molar-refractivity contribution in [3.63, 3.8) is 0 Å². The number of ether oxygens (including phenoxy) is 1. The second-order valence-corrected chi connectivity index (χ2v) is 5.78. The van der Waals surface area contributed by atoms with Crippen LogP contribution in [0.25, 0.3) is 10.8 Å². The van der Waals surface area contributed by atoms with Crippen LogP contribution >= 0.6 is 0 Å². The molecule has 0 aliphatic carbocycles. The molecule has 1 saturated heterocycles. The minimum absolute atomic E-state index is 0.339. The summed E-state index contributed by atoms with van der Waals surface area (Å²) in [7, 11) is 0. The van der Waals surface area contributed by atoms with Gasteiger partial charge in [0.2, 0.25) is 0 Å². The van der Waals surface area contributed by atoms with Gasteiger partial charge in [-0.2, -0.15) is 0 Å². The Kier molecular flexibility index (Phi) is 4.84. The molecular formula is C18H24N2O. The molecule has 3 nitrogen and oxygen atoms in total. The molecule has 2 unspecified atom stereocenters. The van der Waals surface area contributed by atoms with Gasteiger partial charge in [0.1, 0.15) is 0 Å². The van der Waals surface area contributed by atoms with Crippen LogP contribution in [-0.4, -0.2) is 24.2 Å². The normalized spacial score (nSPS) is 20.5. The van der Waals surface area contributed by atoms with Gasteiger partial charge < -0.3 is 10.1 Å². The fraction of sp³-hybridized carbons (Fsp3) is 0.500. The molecule has 2 heterocycles. The first-order valence-electron chi connectivity index (χ1n) is 8.06. The third kappa shape index (κ3) is 3.42. The molecule has 0 saturated carbocycles. The first-order chi connectivity index (χ1) is 10.4. The Hall–Kier alpha value is -1.45. The van der Waals surface area contributed by atoms with Gasteiger partial charge in [0.05, 0.1) is 6.10 Å². The van der Waals surface area contributed by atoms with E-state index in [4.69, 9.17) is 4.74 Å². The average molecular weight is 284 g/mol. The Morgan fingerprint density at radius 3 is 3.10 bits per heavy atom. The lowest BCUT2D eigenvalue weighted by molar-refractivity contribution is 0.00522. The number of nitrogens with one attached hydrogen (secondary N) is 1. The van der Waals surface area contributed by atoms with Gasteiger partial charge in [-0.25, -0.2) is 0 Å². The molecule has 1 aromatic heterocycles. The van der Waals surface area contributed by atoms with Gasteiger partial charge >= 0.3 is 0 Å². The molecule has 0 radical (unpaired) electrons. The van der Waals surface area contributed by atoms with Crippen molar-refractivity contribution >= 4 is 10.8 Å². The molecule has 1 N–H and O–H groups in total. The molecular weight excluding hydrogens is 260 g/mol. The van der Waals surface area contributed by atoms with Gasteiger partial charge in [-0.15, -0.1) is 0 Å². The molecule has 3 rings (SSSR count). The van der Waals surface area contributed by atoms with Crippen LogP contribution in [0.1, 0.15) is 44.2 Å². The lowest BCUT2D eigenvalue weighted by Gasteiger charge is -2.28. The molecule has 3 heteroatoms. The van der Waals surface area contributed by atoms with E-state index in [9.17, 15) is 0 Å². The Morgan fingerprint density at radius 2 is 2.29 bits per heavy atom. The number of rotatable bonds is 5. The fourth-order valence-electron chi connectivity index (χ4n) is 3.26. The van der Waals surface area contributed by atoms with Gasteiger partial charge in [-0.1, -0.05) is 25.1 Å². The molecule has 1 aliphatic rings. The SMILES string of the molecule is CCNC(CC1CCCCO1)c1cccc2ccncc12. The van der Waals surface area contributed by atoms with E-state index >= 15 is 0 Å². The van der Waals surface area contributed by atoms with Gasteiger partial charge in [0.15, 0.2) is 0 Å². The van der Waals surface area contributed by atoms with E-state index in [-0.39, 0.29) is 0 Å². The number of hydrogen-bond acceptors (Lipinski definition) is 3. The molecule has 0 amide bonds. The zero-order valence-corrected chi connectivity index (χ0v) is 12.7. The highest BCUT2D eigenvalue weighted by molar-refractivity contribution is 5.85. The summed E-state index contributed by atoms with van der Waals surface area (Å²) >= 11 is 0. The molecule has 1 aromatic carbocycles. The van der Waals surface area contributed by atoms with Gasteiger partial charge in [-0.3, -0.25) is 4.98 Å². The monoisotopic (exact) mass is 284 g/mol. The lowest BCUT2D eigenvalue weighted by atomic mass is 9.93. The maximum absolute atomic E-state index is 5.93. The summed E-state index contributed by atoms with van der Waals surface area (Å²) in [5.74, 6) is 0. The zero-order chi connectivity index (χ0) is 14.5. The van der Waals surface area contributed by atoms with Crippen molar-refractivity contribution in [2.24, 2.45) is 0 Å². The van der Waals surface area contributed by atoms with E-state index in [0.717, 1.165) is 19.6 Å². The third-order valence-corrected chi connectivity index (χ3v) is 4.32. The van der Waals surface area contributed by atoms with Crippen molar-refractivity contribution in [3.05, 3.63) is 42.2 Å². The van der Waals surface area contributed by atoms with Crippen LogP contribution in [0.5, 0.6) is 0 Å². The average Bonchev–Trinajstić information content (AvgIpc) is 2.55. The van der Waals surface area contributed by atoms with Crippen LogP contribution in [0.15, 0.2) is 36.7 Å². The van der Waals surface area contributed by atoms with E-state index < -0.39 is 0 Å². The predicted octanol–water partition coefficient (Wildman–Crippen LogP) is 3.84.